The topological polar surface area (TPSA) is 0 Å². The largest absolute Gasteiger partial charge is 0.152 e. The molecule has 0 fully saturated rings. The Hall–Kier alpha value is 0.800. The summed E-state index contributed by atoms with van der Waals surface area (Å²) in [4.78, 5) is 1.12. The van der Waals surface area contributed by atoms with Crippen molar-refractivity contribution in [2.24, 2.45) is 10.8 Å². The van der Waals surface area contributed by atoms with E-state index in [0.717, 1.165) is 25.9 Å². The fraction of sp³-hybridized carbons (Fsp3) is 0.286. The van der Waals surface area contributed by atoms with Crippen molar-refractivity contribution < 1.29 is 0 Å². The summed E-state index contributed by atoms with van der Waals surface area (Å²) in [5.41, 5.74) is 0.163. The summed E-state index contributed by atoms with van der Waals surface area (Å²) in [6.45, 7) is 12.4. The molecule has 0 unspecified atom stereocenters. The van der Waals surface area contributed by atoms with Crippen molar-refractivity contribution in [1.29, 1.82) is 0 Å². The van der Waals surface area contributed by atoms with Gasteiger partial charge in [-0.05, 0) is 166 Å². The molecule has 0 amide bonds. The monoisotopic (exact) mass is 966 g/mol. The first kappa shape index (κ1) is 38.8. The van der Waals surface area contributed by atoms with Crippen LogP contribution < -0.4 is 0 Å². The van der Waals surface area contributed by atoms with Crippen LogP contribution in [0.1, 0.15) is 46.4 Å². The van der Waals surface area contributed by atoms with Gasteiger partial charge < -0.3 is 0 Å². The molecule has 0 aliphatic carbocycles. The van der Waals surface area contributed by atoms with Crippen molar-refractivity contribution in [2.45, 2.75) is 41.5 Å². The van der Waals surface area contributed by atoms with Gasteiger partial charge in [-0.15, -0.1) is 46.4 Å². The van der Waals surface area contributed by atoms with Gasteiger partial charge in [-0.2, -0.15) is 11.3 Å². The fourth-order valence-corrected chi connectivity index (χ4v) is 8.61. The SMILES string of the molecule is Brc1cc(Br)c(Br)s1.Brc1csc(Br)c1.C#CC(C)(C)C.CC(C)(C)C#Cc1cc(Br)cs1.c1ccsc1. The van der Waals surface area contributed by atoms with E-state index in [1.54, 1.807) is 45.3 Å². The summed E-state index contributed by atoms with van der Waals surface area (Å²) in [5.74, 6) is 8.94. The number of thiophene rings is 4. The normalized spacial score (nSPS) is 9.87. The first-order valence-electron chi connectivity index (χ1n) is 10.7. The maximum absolute atomic E-state index is 5.06. The molecule has 206 valence electrons. The lowest BCUT2D eigenvalue weighted by molar-refractivity contribution is 0.571. The molecule has 4 heterocycles. The molecule has 0 atom stereocenters. The van der Waals surface area contributed by atoms with Crippen LogP contribution in [0.2, 0.25) is 0 Å². The lowest BCUT2D eigenvalue weighted by atomic mass is 9.98. The van der Waals surface area contributed by atoms with Gasteiger partial charge in [0.05, 0.1) is 16.2 Å². The van der Waals surface area contributed by atoms with E-state index in [1.165, 1.54) is 3.79 Å². The summed E-state index contributed by atoms with van der Waals surface area (Å²) < 4.78 is 6.80. The lowest BCUT2D eigenvalue weighted by Gasteiger charge is -2.06. The van der Waals surface area contributed by atoms with Crippen LogP contribution in [0.15, 0.2) is 76.6 Å². The zero-order valence-electron chi connectivity index (χ0n) is 21.7. The number of terminal acetylenes is 1. The molecule has 0 nitrogen and oxygen atoms in total. The Labute approximate surface area is 295 Å². The van der Waals surface area contributed by atoms with Crippen molar-refractivity contribution in [2.75, 3.05) is 0 Å². The molecule has 4 aromatic heterocycles. The van der Waals surface area contributed by atoms with Crippen LogP contribution >= 0.6 is 141 Å². The van der Waals surface area contributed by atoms with Crippen molar-refractivity contribution in [3.05, 3.63) is 81.5 Å². The van der Waals surface area contributed by atoms with Gasteiger partial charge in [0.25, 0.3) is 0 Å². The zero-order valence-corrected chi connectivity index (χ0v) is 34.5. The third kappa shape index (κ3) is 23.5. The smallest absolute Gasteiger partial charge is 0.0852 e. The molecule has 0 saturated carbocycles. The Kier molecular flexibility index (Phi) is 21.1. The van der Waals surface area contributed by atoms with Crippen molar-refractivity contribution >= 4 is 141 Å². The van der Waals surface area contributed by atoms with Gasteiger partial charge in [0.1, 0.15) is 0 Å². The molecule has 0 spiro atoms. The minimum absolute atomic E-state index is 0.0694. The second kappa shape index (κ2) is 20.6. The third-order valence-electron chi connectivity index (χ3n) is 3.14. The Morgan fingerprint density at radius 3 is 1.45 bits per heavy atom. The van der Waals surface area contributed by atoms with E-state index in [-0.39, 0.29) is 10.8 Å². The average molecular weight is 972 g/mol. The van der Waals surface area contributed by atoms with E-state index in [9.17, 15) is 0 Å². The van der Waals surface area contributed by atoms with Gasteiger partial charge in [-0.25, -0.2) is 0 Å². The van der Waals surface area contributed by atoms with Crippen LogP contribution in [0, 0.1) is 35.0 Å². The summed E-state index contributed by atoms with van der Waals surface area (Å²) in [7, 11) is 0. The minimum Gasteiger partial charge on any atom is -0.152 e. The molecular formula is C28H28Br6S4. The van der Waals surface area contributed by atoms with E-state index in [1.807, 2.05) is 72.6 Å². The van der Waals surface area contributed by atoms with Gasteiger partial charge in [0, 0.05) is 35.0 Å². The maximum atomic E-state index is 5.06. The van der Waals surface area contributed by atoms with E-state index in [0.29, 0.717) is 0 Å². The molecule has 0 aromatic carbocycles. The third-order valence-corrected chi connectivity index (χ3v) is 11.4. The van der Waals surface area contributed by atoms with Crippen LogP contribution in [0.5, 0.6) is 0 Å². The minimum atomic E-state index is 0.0694. The van der Waals surface area contributed by atoms with Gasteiger partial charge in [0.15, 0.2) is 0 Å². The Morgan fingerprint density at radius 1 is 0.711 bits per heavy atom. The molecule has 0 radical (unpaired) electrons. The molecule has 38 heavy (non-hydrogen) atoms. The first-order chi connectivity index (χ1) is 17.5. The number of rotatable bonds is 0. The van der Waals surface area contributed by atoms with Crippen LogP contribution in [-0.4, -0.2) is 0 Å². The Bertz CT molecular complexity index is 1210. The van der Waals surface area contributed by atoms with E-state index in [4.69, 9.17) is 6.42 Å². The second-order valence-electron chi connectivity index (χ2n) is 9.06. The fourth-order valence-electron chi connectivity index (χ4n) is 1.46. The summed E-state index contributed by atoms with van der Waals surface area (Å²) in [6.07, 6.45) is 5.06. The van der Waals surface area contributed by atoms with E-state index < -0.39 is 0 Å². The number of hydrogen-bond donors (Lipinski definition) is 0. The Morgan fingerprint density at radius 2 is 1.24 bits per heavy atom. The highest BCUT2D eigenvalue weighted by Crippen LogP contribution is 2.35. The van der Waals surface area contributed by atoms with Gasteiger partial charge in [-0.1, -0.05) is 24.0 Å². The predicted octanol–water partition coefficient (Wildman–Crippen LogP) is 14.6. The van der Waals surface area contributed by atoms with Crippen molar-refractivity contribution in [3.63, 3.8) is 0 Å². The second-order valence-corrected chi connectivity index (χ2v) is 19.5. The molecule has 4 aromatic rings. The quantitative estimate of drug-likeness (QED) is 0.154. The van der Waals surface area contributed by atoms with Crippen LogP contribution in [-0.2, 0) is 0 Å². The highest BCUT2D eigenvalue weighted by molar-refractivity contribution is 9.14. The average Bonchev–Trinajstić information content (AvgIpc) is 3.60. The van der Waals surface area contributed by atoms with Crippen LogP contribution in [0.4, 0.5) is 0 Å². The zero-order chi connectivity index (χ0) is 29.4. The van der Waals surface area contributed by atoms with Gasteiger partial charge in [-0.3, -0.25) is 0 Å². The number of hydrogen-bond acceptors (Lipinski definition) is 4. The predicted molar refractivity (Wildman–Crippen MR) is 198 cm³/mol. The maximum Gasteiger partial charge on any atom is 0.0852 e. The lowest BCUT2D eigenvalue weighted by Crippen LogP contribution is -1.98. The molecule has 0 saturated heterocycles. The van der Waals surface area contributed by atoms with E-state index in [2.05, 4.69) is 134 Å². The standard InChI is InChI=1S/C10H11BrS.C6H10.C4HBr3S.C4H2Br2S.C4H4S/c1-10(2,3)5-4-9-6-8(11)7-12-9;1-5-6(2,3)4;5-2-1-3(6)8-4(2)7;5-3-1-4(6)7-2-3;1-2-4-5-3-1/h6-7H,1-3H3;1H,2-4H3;1H;1-2H;1-4H. The van der Waals surface area contributed by atoms with E-state index >= 15 is 0 Å². The molecule has 4 rings (SSSR count). The van der Waals surface area contributed by atoms with Crippen LogP contribution in [0.3, 0.4) is 0 Å². The summed E-state index contributed by atoms with van der Waals surface area (Å²) >= 11 is 26.8. The summed E-state index contributed by atoms with van der Waals surface area (Å²) in [6, 6.07) is 10.1. The molecule has 0 bridgehead atoms. The Balaban J connectivity index is 0.000000467. The highest BCUT2D eigenvalue weighted by Gasteiger charge is 2.03. The molecule has 10 heteroatoms. The molecule has 0 aliphatic rings. The van der Waals surface area contributed by atoms with Crippen molar-refractivity contribution in [3.8, 4) is 24.2 Å². The molecular weight excluding hydrogens is 944 g/mol. The van der Waals surface area contributed by atoms with Gasteiger partial charge in [0.2, 0.25) is 0 Å². The molecule has 0 aliphatic heterocycles. The van der Waals surface area contributed by atoms with Gasteiger partial charge >= 0.3 is 0 Å². The molecule has 0 N–H and O–H groups in total. The van der Waals surface area contributed by atoms with Crippen molar-refractivity contribution in [1.82, 2.24) is 0 Å². The number of halogens is 6. The van der Waals surface area contributed by atoms with Crippen LogP contribution in [0.25, 0.3) is 0 Å². The highest BCUT2D eigenvalue weighted by atomic mass is 79.9. The first-order valence-corrected chi connectivity index (χ1v) is 19.0. The summed E-state index contributed by atoms with van der Waals surface area (Å²) in [5, 5.41) is 8.16.